The molecule has 0 spiro atoms. The third kappa shape index (κ3) is 5.62. The average molecular weight is 432 g/mol. The number of hydrogen-bond donors (Lipinski definition) is 1. The van der Waals surface area contributed by atoms with Gasteiger partial charge in [0.25, 0.3) is 0 Å². The van der Waals surface area contributed by atoms with Crippen LogP contribution in [0.15, 0.2) is 29.3 Å². The van der Waals surface area contributed by atoms with Crippen LogP contribution in [0.3, 0.4) is 0 Å². The summed E-state index contributed by atoms with van der Waals surface area (Å²) in [5, 5.41) is 3.22. The third-order valence-electron chi connectivity index (χ3n) is 5.28. The molecule has 30 heavy (non-hydrogen) atoms. The predicted octanol–water partition coefficient (Wildman–Crippen LogP) is 3.65. The Morgan fingerprint density at radius 3 is 2.50 bits per heavy atom. The molecule has 1 aromatic rings. The van der Waals surface area contributed by atoms with Crippen LogP contribution < -0.4 is 5.32 Å². The molecular weight excluding hydrogens is 402 g/mol. The second kappa shape index (κ2) is 10.6. The van der Waals surface area contributed by atoms with Gasteiger partial charge in [0, 0.05) is 19.0 Å². The molecule has 1 saturated carbocycles. The zero-order chi connectivity index (χ0) is 21.5. The normalized spacial score (nSPS) is 21.1. The third-order valence-corrected chi connectivity index (χ3v) is 6.46. The summed E-state index contributed by atoms with van der Waals surface area (Å²) in [4.78, 5) is 43.2. The summed E-state index contributed by atoms with van der Waals surface area (Å²) in [5.74, 6) is -0.520. The number of amidine groups is 1. The number of hydrogen-bond acceptors (Lipinski definition) is 6. The molecule has 0 aromatic heterocycles. The molecule has 1 N–H and O–H groups in total. The van der Waals surface area contributed by atoms with Crippen molar-refractivity contribution in [1.29, 1.82) is 0 Å². The van der Waals surface area contributed by atoms with Gasteiger partial charge in [-0.15, -0.1) is 0 Å². The highest BCUT2D eigenvalue weighted by Gasteiger charge is 2.38. The number of amides is 2. The number of rotatable bonds is 7. The summed E-state index contributed by atoms with van der Waals surface area (Å²) >= 11 is 1.33. The highest BCUT2D eigenvalue weighted by Crippen LogP contribution is 2.31. The zero-order valence-electron chi connectivity index (χ0n) is 17.6. The SMILES string of the molecule is CCOC(=O)c1ccc(N=C2SC(CC(=O)NC3CCCCC3)C(=O)N2CC)cc1. The van der Waals surface area contributed by atoms with Gasteiger partial charge in [0.2, 0.25) is 11.8 Å². The Hall–Kier alpha value is -2.35. The molecule has 1 atom stereocenters. The highest BCUT2D eigenvalue weighted by atomic mass is 32.2. The van der Waals surface area contributed by atoms with E-state index < -0.39 is 5.25 Å². The van der Waals surface area contributed by atoms with Crippen molar-refractivity contribution in [3.05, 3.63) is 29.8 Å². The van der Waals surface area contributed by atoms with Gasteiger partial charge in [-0.1, -0.05) is 31.0 Å². The Morgan fingerprint density at radius 2 is 1.87 bits per heavy atom. The molecule has 8 heteroatoms. The van der Waals surface area contributed by atoms with E-state index in [2.05, 4.69) is 10.3 Å². The van der Waals surface area contributed by atoms with Crippen molar-refractivity contribution in [1.82, 2.24) is 10.2 Å². The first kappa shape index (κ1) is 22.3. The summed E-state index contributed by atoms with van der Waals surface area (Å²) in [6.45, 7) is 4.47. The van der Waals surface area contributed by atoms with Gasteiger partial charge in [-0.05, 0) is 51.0 Å². The molecule has 2 amide bonds. The second-order valence-corrected chi connectivity index (χ2v) is 8.63. The van der Waals surface area contributed by atoms with Crippen molar-refractivity contribution >= 4 is 40.4 Å². The lowest BCUT2D eigenvalue weighted by atomic mass is 9.95. The lowest BCUT2D eigenvalue weighted by molar-refractivity contribution is -0.129. The van der Waals surface area contributed by atoms with Crippen LogP contribution >= 0.6 is 11.8 Å². The summed E-state index contributed by atoms with van der Waals surface area (Å²) in [7, 11) is 0. The summed E-state index contributed by atoms with van der Waals surface area (Å²) in [6.07, 6.45) is 5.74. The van der Waals surface area contributed by atoms with Crippen molar-refractivity contribution in [2.24, 2.45) is 4.99 Å². The minimum absolute atomic E-state index is 0.0659. The highest BCUT2D eigenvalue weighted by molar-refractivity contribution is 8.15. The quantitative estimate of drug-likeness (QED) is 0.666. The van der Waals surface area contributed by atoms with Crippen molar-refractivity contribution in [2.45, 2.75) is 63.7 Å². The lowest BCUT2D eigenvalue weighted by Crippen LogP contribution is -2.39. The Labute approximate surface area is 181 Å². The van der Waals surface area contributed by atoms with E-state index in [0.717, 1.165) is 25.7 Å². The minimum atomic E-state index is -0.453. The summed E-state index contributed by atoms with van der Waals surface area (Å²) in [6, 6.07) is 7.00. The van der Waals surface area contributed by atoms with Crippen molar-refractivity contribution in [3.8, 4) is 0 Å². The number of aliphatic imine (C=N–C) groups is 1. The van der Waals surface area contributed by atoms with E-state index in [1.165, 1.54) is 18.2 Å². The maximum Gasteiger partial charge on any atom is 0.338 e. The molecule has 1 heterocycles. The second-order valence-electron chi connectivity index (χ2n) is 7.46. The van der Waals surface area contributed by atoms with Crippen molar-refractivity contribution < 1.29 is 19.1 Å². The molecule has 2 fully saturated rings. The van der Waals surface area contributed by atoms with Gasteiger partial charge in [0.1, 0.15) is 5.25 Å². The fraction of sp³-hybridized carbons (Fsp3) is 0.545. The van der Waals surface area contributed by atoms with E-state index in [4.69, 9.17) is 4.74 Å². The molecule has 1 aromatic carbocycles. The van der Waals surface area contributed by atoms with Gasteiger partial charge in [0.15, 0.2) is 5.17 Å². The molecule has 1 unspecified atom stereocenters. The summed E-state index contributed by atoms with van der Waals surface area (Å²) < 4.78 is 4.99. The Bertz CT molecular complexity index is 803. The van der Waals surface area contributed by atoms with Crippen LogP contribution in [0.2, 0.25) is 0 Å². The number of carbonyl (C=O) groups excluding carboxylic acids is 3. The fourth-order valence-corrected chi connectivity index (χ4v) is 4.94. The molecule has 0 bridgehead atoms. The van der Waals surface area contributed by atoms with E-state index in [1.54, 1.807) is 36.1 Å². The number of carbonyl (C=O) groups is 3. The fourth-order valence-electron chi connectivity index (χ4n) is 3.71. The number of nitrogens with zero attached hydrogens (tertiary/aromatic N) is 2. The number of thioether (sulfide) groups is 1. The maximum atomic E-state index is 12.8. The number of ether oxygens (including phenoxy) is 1. The predicted molar refractivity (Wildman–Crippen MR) is 118 cm³/mol. The van der Waals surface area contributed by atoms with Crippen LogP contribution in [0.1, 0.15) is 62.7 Å². The van der Waals surface area contributed by atoms with Gasteiger partial charge in [-0.25, -0.2) is 9.79 Å². The topological polar surface area (TPSA) is 88.1 Å². The molecule has 1 aliphatic heterocycles. The van der Waals surface area contributed by atoms with Crippen LogP contribution in [-0.4, -0.2) is 52.3 Å². The average Bonchev–Trinajstić information content (AvgIpc) is 3.03. The molecule has 1 aliphatic carbocycles. The van der Waals surface area contributed by atoms with Gasteiger partial charge >= 0.3 is 5.97 Å². The molecule has 2 aliphatic rings. The maximum absolute atomic E-state index is 12.8. The van der Waals surface area contributed by atoms with Gasteiger partial charge in [-0.3, -0.25) is 14.5 Å². The molecule has 0 radical (unpaired) electrons. The first-order chi connectivity index (χ1) is 14.5. The Balaban J connectivity index is 1.64. The molecular formula is C22H29N3O4S. The van der Waals surface area contributed by atoms with E-state index >= 15 is 0 Å². The molecule has 1 saturated heterocycles. The molecule has 3 rings (SSSR count). The van der Waals surface area contributed by atoms with Crippen LogP contribution in [0.5, 0.6) is 0 Å². The van der Waals surface area contributed by atoms with Crippen molar-refractivity contribution in [3.63, 3.8) is 0 Å². The van der Waals surface area contributed by atoms with Gasteiger partial charge < -0.3 is 10.1 Å². The number of esters is 1. The largest absolute Gasteiger partial charge is 0.462 e. The lowest BCUT2D eigenvalue weighted by Gasteiger charge is -2.23. The van der Waals surface area contributed by atoms with E-state index in [0.29, 0.717) is 29.6 Å². The van der Waals surface area contributed by atoms with Gasteiger partial charge in [-0.2, -0.15) is 0 Å². The Morgan fingerprint density at radius 1 is 1.17 bits per heavy atom. The van der Waals surface area contributed by atoms with E-state index in [-0.39, 0.29) is 30.2 Å². The Kier molecular flexibility index (Phi) is 7.90. The van der Waals surface area contributed by atoms with E-state index in [1.807, 2.05) is 6.92 Å². The minimum Gasteiger partial charge on any atom is -0.462 e. The molecule has 7 nitrogen and oxygen atoms in total. The summed E-state index contributed by atoms with van der Waals surface area (Å²) in [5.41, 5.74) is 1.10. The zero-order valence-corrected chi connectivity index (χ0v) is 18.4. The first-order valence-corrected chi connectivity index (χ1v) is 11.5. The standard InChI is InChI=1S/C22H29N3O4S/c1-3-25-20(27)18(14-19(26)23-16-8-6-5-7-9-16)30-22(25)24-17-12-10-15(11-13-17)21(28)29-4-2/h10-13,16,18H,3-9,14H2,1-2H3,(H,23,26). The van der Waals surface area contributed by atoms with Crippen LogP contribution in [-0.2, 0) is 14.3 Å². The van der Waals surface area contributed by atoms with Crippen LogP contribution in [0.25, 0.3) is 0 Å². The smallest absolute Gasteiger partial charge is 0.338 e. The van der Waals surface area contributed by atoms with Crippen LogP contribution in [0.4, 0.5) is 5.69 Å². The van der Waals surface area contributed by atoms with E-state index in [9.17, 15) is 14.4 Å². The van der Waals surface area contributed by atoms with Gasteiger partial charge in [0.05, 0.1) is 17.9 Å². The molecule has 162 valence electrons. The van der Waals surface area contributed by atoms with Crippen molar-refractivity contribution in [2.75, 3.05) is 13.2 Å². The number of benzene rings is 1. The first-order valence-electron chi connectivity index (χ1n) is 10.6. The monoisotopic (exact) mass is 431 g/mol. The number of nitrogens with one attached hydrogen (secondary N) is 1. The van der Waals surface area contributed by atoms with Crippen LogP contribution in [0, 0.1) is 0 Å².